The quantitative estimate of drug-likeness (QED) is 0.0628. The molecule has 0 aliphatic carbocycles. The van der Waals surface area contributed by atoms with Crippen molar-refractivity contribution in [1.29, 1.82) is 0 Å². The summed E-state index contributed by atoms with van der Waals surface area (Å²) in [6.45, 7) is 6.82. The van der Waals surface area contributed by atoms with Gasteiger partial charge >= 0.3 is 0 Å². The molecule has 0 aliphatic heterocycles. The standard InChI is InChI=1S/C42H52N8O10/c1-25(2)37(39(55)45-31-9-5-17-49(41(31)57)23-33(43)51)47-35(53)11-7-19-59-29-15-13-27-14-16-30(22-28(27)21-29)60-20-8-12-36(54)48-38(26(3)4)40(56)46-32-10-6-18-50(42(32)58)24-34(44)52/h5-6,9-10,13-18,21-22,25-26,37-38H,7-8,11-12,19-20,23-24H2,1-4H3,(H2,43,51)(H2,44,52)(H,45,55)(H,46,56)(H,47,53)(H,48,54)/t37-,38+. The highest BCUT2D eigenvalue weighted by Crippen LogP contribution is 2.25. The van der Waals surface area contributed by atoms with Gasteiger partial charge in [0.2, 0.25) is 35.4 Å². The van der Waals surface area contributed by atoms with Crippen LogP contribution in [0.2, 0.25) is 0 Å². The molecule has 6 amide bonds. The van der Waals surface area contributed by atoms with Crippen molar-refractivity contribution >= 4 is 57.6 Å². The Morgan fingerprint density at radius 1 is 0.600 bits per heavy atom. The minimum absolute atomic E-state index is 0.0439. The van der Waals surface area contributed by atoms with Crippen molar-refractivity contribution < 1.29 is 38.2 Å². The molecule has 0 bridgehead atoms. The lowest BCUT2D eigenvalue weighted by atomic mass is 10.0. The SMILES string of the molecule is CC(C)[C@H](NC(=O)CCCOc1ccc2ccc(OCCCC(=O)N[C@@H](C(=O)Nc3cccn(CC(N)=O)c3=O)C(C)C)cc2c1)C(=O)Nc1cccn(CC(N)=O)c1=O. The summed E-state index contributed by atoms with van der Waals surface area (Å²) < 4.78 is 14.0. The van der Waals surface area contributed by atoms with Gasteiger partial charge in [0.15, 0.2) is 0 Å². The Morgan fingerprint density at radius 3 is 1.37 bits per heavy atom. The topological polar surface area (TPSA) is 265 Å². The number of nitrogens with two attached hydrogens (primary N) is 2. The molecule has 8 N–H and O–H groups in total. The second-order valence-corrected chi connectivity index (χ2v) is 14.8. The molecule has 2 aromatic carbocycles. The van der Waals surface area contributed by atoms with Crippen molar-refractivity contribution in [3.8, 4) is 11.5 Å². The first kappa shape index (κ1) is 45.7. The molecule has 60 heavy (non-hydrogen) atoms. The van der Waals surface area contributed by atoms with E-state index >= 15 is 0 Å². The number of nitrogens with one attached hydrogen (secondary N) is 4. The molecule has 0 radical (unpaired) electrons. The van der Waals surface area contributed by atoms with Gasteiger partial charge in [-0.05, 0) is 84.0 Å². The normalized spacial score (nSPS) is 12.0. The predicted molar refractivity (Wildman–Crippen MR) is 224 cm³/mol. The average molecular weight is 829 g/mol. The first-order valence-corrected chi connectivity index (χ1v) is 19.5. The van der Waals surface area contributed by atoms with Crippen LogP contribution in [0.5, 0.6) is 11.5 Å². The van der Waals surface area contributed by atoms with E-state index in [2.05, 4.69) is 21.3 Å². The minimum atomic E-state index is -0.922. The number of amides is 6. The number of carbonyl (C=O) groups excluding carboxylic acids is 6. The van der Waals surface area contributed by atoms with Crippen molar-refractivity contribution in [1.82, 2.24) is 19.8 Å². The van der Waals surface area contributed by atoms with Gasteiger partial charge in [0.05, 0.1) is 13.2 Å². The first-order chi connectivity index (χ1) is 28.5. The lowest BCUT2D eigenvalue weighted by molar-refractivity contribution is -0.127. The molecule has 4 rings (SSSR count). The molecule has 0 fully saturated rings. The summed E-state index contributed by atoms with van der Waals surface area (Å²) in [5.41, 5.74) is 9.10. The van der Waals surface area contributed by atoms with E-state index < -0.39 is 46.8 Å². The van der Waals surface area contributed by atoms with Crippen LogP contribution >= 0.6 is 0 Å². The Labute approximate surface area is 346 Å². The van der Waals surface area contributed by atoms with Crippen LogP contribution in [-0.4, -0.2) is 69.9 Å². The molecule has 18 nitrogen and oxygen atoms in total. The van der Waals surface area contributed by atoms with Crippen LogP contribution in [0.1, 0.15) is 53.4 Å². The van der Waals surface area contributed by atoms with E-state index in [1.807, 2.05) is 36.4 Å². The van der Waals surface area contributed by atoms with Gasteiger partial charge in [-0.15, -0.1) is 0 Å². The van der Waals surface area contributed by atoms with Crippen molar-refractivity contribution in [3.63, 3.8) is 0 Å². The van der Waals surface area contributed by atoms with Crippen molar-refractivity contribution in [3.05, 3.63) is 93.8 Å². The summed E-state index contributed by atoms with van der Waals surface area (Å²) in [7, 11) is 0. The number of nitrogens with zero attached hydrogens (tertiary/aromatic N) is 2. The van der Waals surface area contributed by atoms with E-state index in [4.69, 9.17) is 20.9 Å². The molecule has 18 heteroatoms. The van der Waals surface area contributed by atoms with Crippen LogP contribution in [-0.2, 0) is 41.9 Å². The second kappa shape index (κ2) is 21.7. The average Bonchev–Trinajstić information content (AvgIpc) is 3.18. The fraction of sp³-hybridized carbons (Fsp3) is 0.381. The van der Waals surface area contributed by atoms with Crippen LogP contribution in [0.25, 0.3) is 10.8 Å². The van der Waals surface area contributed by atoms with Crippen LogP contribution in [0.15, 0.2) is 82.6 Å². The maximum absolute atomic E-state index is 13.0. The van der Waals surface area contributed by atoms with E-state index in [-0.39, 0.29) is 74.2 Å². The molecule has 2 heterocycles. The third kappa shape index (κ3) is 13.6. The summed E-state index contributed by atoms with van der Waals surface area (Å²) in [5.74, 6) is -2.73. The molecule has 0 saturated carbocycles. The van der Waals surface area contributed by atoms with Gasteiger partial charge < -0.3 is 51.3 Å². The third-order valence-corrected chi connectivity index (χ3v) is 9.16. The number of pyridine rings is 2. The zero-order chi connectivity index (χ0) is 43.9. The molecule has 2 atom stereocenters. The third-order valence-electron chi connectivity index (χ3n) is 9.16. The maximum atomic E-state index is 13.0. The zero-order valence-corrected chi connectivity index (χ0v) is 34.0. The number of primary amides is 2. The molecular formula is C42H52N8O10. The second-order valence-electron chi connectivity index (χ2n) is 14.8. The largest absolute Gasteiger partial charge is 0.494 e. The highest BCUT2D eigenvalue weighted by atomic mass is 16.5. The number of rotatable bonds is 22. The fourth-order valence-electron chi connectivity index (χ4n) is 6.06. The van der Waals surface area contributed by atoms with E-state index in [1.54, 1.807) is 27.7 Å². The van der Waals surface area contributed by atoms with Crippen molar-refractivity contribution in [2.75, 3.05) is 23.8 Å². The molecule has 0 spiro atoms. The van der Waals surface area contributed by atoms with Gasteiger partial charge in [0.1, 0.15) is 48.0 Å². The number of anilines is 2. The summed E-state index contributed by atoms with van der Waals surface area (Å²) in [5, 5.41) is 12.3. The fourth-order valence-corrected chi connectivity index (χ4v) is 6.06. The smallest absolute Gasteiger partial charge is 0.274 e. The van der Waals surface area contributed by atoms with Crippen molar-refractivity contribution in [2.24, 2.45) is 23.3 Å². The van der Waals surface area contributed by atoms with E-state index in [0.717, 1.165) is 19.9 Å². The van der Waals surface area contributed by atoms with E-state index in [0.29, 0.717) is 24.3 Å². The number of hydrogen-bond acceptors (Lipinski definition) is 10. The summed E-state index contributed by atoms with van der Waals surface area (Å²) in [6, 6.07) is 15.1. The zero-order valence-electron chi connectivity index (χ0n) is 34.0. The molecule has 0 aliphatic rings. The summed E-state index contributed by atoms with van der Waals surface area (Å²) in [6.07, 6.45) is 3.65. The Balaban J connectivity index is 1.21. The predicted octanol–water partition coefficient (Wildman–Crippen LogP) is 2.01. The van der Waals surface area contributed by atoms with Gasteiger partial charge in [-0.1, -0.05) is 39.8 Å². The Bertz CT molecular complexity index is 2160. The van der Waals surface area contributed by atoms with Crippen LogP contribution < -0.4 is 53.3 Å². The number of benzene rings is 2. The van der Waals surface area contributed by atoms with Gasteiger partial charge in [0.25, 0.3) is 11.1 Å². The van der Waals surface area contributed by atoms with Gasteiger partial charge in [-0.2, -0.15) is 0 Å². The first-order valence-electron chi connectivity index (χ1n) is 19.5. The van der Waals surface area contributed by atoms with Crippen LogP contribution in [0, 0.1) is 11.8 Å². The van der Waals surface area contributed by atoms with Crippen molar-refractivity contribution in [2.45, 2.75) is 78.6 Å². The molecule has 4 aromatic rings. The number of carbonyl (C=O) groups is 6. The summed E-state index contributed by atoms with van der Waals surface area (Å²) in [4.78, 5) is 99.5. The number of ether oxygens (including phenoxy) is 2. The maximum Gasteiger partial charge on any atom is 0.274 e. The summed E-state index contributed by atoms with van der Waals surface area (Å²) >= 11 is 0. The minimum Gasteiger partial charge on any atom is -0.494 e. The molecule has 2 aromatic heterocycles. The number of hydrogen-bond donors (Lipinski definition) is 6. The Hall–Kier alpha value is -6.98. The highest BCUT2D eigenvalue weighted by Gasteiger charge is 2.26. The number of aromatic nitrogens is 2. The van der Waals surface area contributed by atoms with Gasteiger partial charge in [0, 0.05) is 25.2 Å². The molecule has 0 saturated heterocycles. The lowest BCUT2D eigenvalue weighted by Crippen LogP contribution is -2.47. The molecular weight excluding hydrogens is 777 g/mol. The van der Waals surface area contributed by atoms with Crippen LogP contribution in [0.3, 0.4) is 0 Å². The monoisotopic (exact) mass is 828 g/mol. The molecule has 320 valence electrons. The Morgan fingerprint density at radius 2 is 1.00 bits per heavy atom. The van der Waals surface area contributed by atoms with Gasteiger partial charge in [-0.3, -0.25) is 38.4 Å². The Kier molecular flexibility index (Phi) is 16.5. The highest BCUT2D eigenvalue weighted by molar-refractivity contribution is 5.98. The van der Waals surface area contributed by atoms with E-state index in [1.165, 1.54) is 36.7 Å². The lowest BCUT2D eigenvalue weighted by Gasteiger charge is -2.22. The molecule has 0 unspecified atom stereocenters. The van der Waals surface area contributed by atoms with Gasteiger partial charge in [-0.25, -0.2) is 0 Å². The van der Waals surface area contributed by atoms with Crippen LogP contribution in [0.4, 0.5) is 11.4 Å². The van der Waals surface area contributed by atoms with E-state index in [9.17, 15) is 38.4 Å². The number of fused-ring (bicyclic) bond motifs is 1.